The standard InChI is InChI=1S/C10H18O3/c1-7(2)4-5-9(11)6-8(3)10(12)13/h7-8H,4-6H2,1-3H3,(H,12,13). The van der Waals surface area contributed by atoms with Crippen molar-refractivity contribution in [2.24, 2.45) is 11.8 Å². The number of carbonyl (C=O) groups excluding carboxylic acids is 1. The van der Waals surface area contributed by atoms with Crippen LogP contribution in [0, 0.1) is 11.8 Å². The molecule has 0 aromatic rings. The Morgan fingerprint density at radius 1 is 1.23 bits per heavy atom. The average Bonchev–Trinajstić information content (AvgIpc) is 2.00. The summed E-state index contributed by atoms with van der Waals surface area (Å²) in [6.07, 6.45) is 1.53. The highest BCUT2D eigenvalue weighted by atomic mass is 16.4. The van der Waals surface area contributed by atoms with Gasteiger partial charge < -0.3 is 5.11 Å². The van der Waals surface area contributed by atoms with Gasteiger partial charge in [0.1, 0.15) is 5.78 Å². The Balaban J connectivity index is 3.68. The van der Waals surface area contributed by atoms with Crippen LogP contribution in [0.5, 0.6) is 0 Å². The van der Waals surface area contributed by atoms with E-state index in [4.69, 9.17) is 5.11 Å². The molecule has 3 heteroatoms. The predicted molar refractivity (Wildman–Crippen MR) is 50.5 cm³/mol. The molecule has 0 bridgehead atoms. The lowest BCUT2D eigenvalue weighted by atomic mass is 9.99. The molecule has 1 atom stereocenters. The molecular formula is C10H18O3. The van der Waals surface area contributed by atoms with Gasteiger partial charge in [-0.1, -0.05) is 20.8 Å². The Labute approximate surface area is 79.1 Å². The maximum absolute atomic E-state index is 11.2. The van der Waals surface area contributed by atoms with Gasteiger partial charge in [-0.25, -0.2) is 0 Å². The van der Waals surface area contributed by atoms with Crippen molar-refractivity contribution in [3.8, 4) is 0 Å². The molecule has 0 amide bonds. The molecule has 0 spiro atoms. The van der Waals surface area contributed by atoms with Gasteiger partial charge in [0.2, 0.25) is 0 Å². The summed E-state index contributed by atoms with van der Waals surface area (Å²) in [7, 11) is 0. The first kappa shape index (κ1) is 12.1. The summed E-state index contributed by atoms with van der Waals surface area (Å²) in [6, 6.07) is 0. The molecule has 13 heavy (non-hydrogen) atoms. The molecule has 0 radical (unpaired) electrons. The number of hydrogen-bond donors (Lipinski definition) is 1. The first-order chi connectivity index (χ1) is 5.93. The largest absolute Gasteiger partial charge is 0.481 e. The molecule has 0 heterocycles. The topological polar surface area (TPSA) is 54.4 Å². The molecular weight excluding hydrogens is 168 g/mol. The molecule has 0 rings (SSSR count). The van der Waals surface area contributed by atoms with Crippen LogP contribution < -0.4 is 0 Å². The molecule has 76 valence electrons. The van der Waals surface area contributed by atoms with E-state index in [2.05, 4.69) is 0 Å². The third kappa shape index (κ3) is 6.31. The van der Waals surface area contributed by atoms with Crippen LogP contribution in [0.4, 0.5) is 0 Å². The smallest absolute Gasteiger partial charge is 0.306 e. The van der Waals surface area contributed by atoms with Crippen LogP contribution in [-0.2, 0) is 9.59 Å². The zero-order valence-electron chi connectivity index (χ0n) is 8.54. The molecule has 0 aromatic heterocycles. The maximum atomic E-state index is 11.2. The zero-order chi connectivity index (χ0) is 10.4. The number of carboxylic acid groups (broad SMARTS) is 1. The fourth-order valence-electron chi connectivity index (χ4n) is 0.981. The van der Waals surface area contributed by atoms with Gasteiger partial charge >= 0.3 is 5.97 Å². The lowest BCUT2D eigenvalue weighted by Crippen LogP contribution is -2.14. The van der Waals surface area contributed by atoms with Crippen LogP contribution in [0.1, 0.15) is 40.0 Å². The second kappa shape index (κ2) is 5.73. The molecule has 0 saturated carbocycles. The van der Waals surface area contributed by atoms with E-state index in [1.807, 2.05) is 13.8 Å². The summed E-state index contributed by atoms with van der Waals surface area (Å²) in [5.74, 6) is -0.870. The van der Waals surface area contributed by atoms with Crippen molar-refractivity contribution >= 4 is 11.8 Å². The van der Waals surface area contributed by atoms with Gasteiger partial charge in [0.25, 0.3) is 0 Å². The van der Waals surface area contributed by atoms with E-state index in [-0.39, 0.29) is 12.2 Å². The summed E-state index contributed by atoms with van der Waals surface area (Å²) in [5, 5.41) is 8.56. The molecule has 3 nitrogen and oxygen atoms in total. The van der Waals surface area contributed by atoms with Gasteiger partial charge in [0.05, 0.1) is 5.92 Å². The van der Waals surface area contributed by atoms with Gasteiger partial charge in [-0.15, -0.1) is 0 Å². The average molecular weight is 186 g/mol. The van der Waals surface area contributed by atoms with Crippen LogP contribution in [0.3, 0.4) is 0 Å². The quantitative estimate of drug-likeness (QED) is 0.691. The highest BCUT2D eigenvalue weighted by Crippen LogP contribution is 2.09. The van der Waals surface area contributed by atoms with Crippen molar-refractivity contribution in [3.05, 3.63) is 0 Å². The van der Waals surface area contributed by atoms with Crippen LogP contribution in [0.15, 0.2) is 0 Å². The first-order valence-corrected chi connectivity index (χ1v) is 4.68. The van der Waals surface area contributed by atoms with Gasteiger partial charge in [-0.2, -0.15) is 0 Å². The monoisotopic (exact) mass is 186 g/mol. The van der Waals surface area contributed by atoms with E-state index < -0.39 is 11.9 Å². The third-order valence-corrected chi connectivity index (χ3v) is 1.96. The number of rotatable bonds is 6. The fraction of sp³-hybridized carbons (Fsp3) is 0.800. The second-order valence-electron chi connectivity index (χ2n) is 3.91. The van der Waals surface area contributed by atoms with Crippen molar-refractivity contribution < 1.29 is 14.7 Å². The van der Waals surface area contributed by atoms with Gasteiger partial charge in [0, 0.05) is 12.8 Å². The Bertz CT molecular complexity index is 185. The van der Waals surface area contributed by atoms with Crippen LogP contribution in [0.2, 0.25) is 0 Å². The summed E-state index contributed by atoms with van der Waals surface area (Å²) >= 11 is 0. The van der Waals surface area contributed by atoms with Gasteiger partial charge in [0.15, 0.2) is 0 Å². The van der Waals surface area contributed by atoms with E-state index in [1.54, 1.807) is 6.92 Å². The molecule has 0 fully saturated rings. The van der Waals surface area contributed by atoms with E-state index in [9.17, 15) is 9.59 Å². The number of ketones is 1. The Kier molecular flexibility index (Phi) is 5.35. The minimum Gasteiger partial charge on any atom is -0.481 e. The predicted octanol–water partition coefficient (Wildman–Crippen LogP) is 2.10. The SMILES string of the molecule is CC(C)CCC(=O)CC(C)C(=O)O. The van der Waals surface area contributed by atoms with Gasteiger partial charge in [-0.3, -0.25) is 9.59 Å². The number of Topliss-reactive ketones (excluding diaryl/α,β-unsaturated/α-hetero) is 1. The Morgan fingerprint density at radius 2 is 1.77 bits per heavy atom. The summed E-state index contributed by atoms with van der Waals surface area (Å²) in [6.45, 7) is 5.66. The third-order valence-electron chi connectivity index (χ3n) is 1.96. The van der Waals surface area contributed by atoms with Crippen molar-refractivity contribution in [2.45, 2.75) is 40.0 Å². The van der Waals surface area contributed by atoms with E-state index in [0.717, 1.165) is 6.42 Å². The zero-order valence-corrected chi connectivity index (χ0v) is 8.54. The van der Waals surface area contributed by atoms with Crippen molar-refractivity contribution in [1.29, 1.82) is 0 Å². The Morgan fingerprint density at radius 3 is 2.15 bits per heavy atom. The van der Waals surface area contributed by atoms with Crippen molar-refractivity contribution in [1.82, 2.24) is 0 Å². The van der Waals surface area contributed by atoms with E-state index >= 15 is 0 Å². The normalized spacial score (nSPS) is 12.9. The first-order valence-electron chi connectivity index (χ1n) is 4.68. The lowest BCUT2D eigenvalue weighted by Gasteiger charge is -2.06. The second-order valence-corrected chi connectivity index (χ2v) is 3.91. The summed E-state index contributed by atoms with van der Waals surface area (Å²) in [4.78, 5) is 21.6. The summed E-state index contributed by atoms with van der Waals surface area (Å²) in [5.41, 5.74) is 0. The van der Waals surface area contributed by atoms with Crippen LogP contribution in [-0.4, -0.2) is 16.9 Å². The van der Waals surface area contributed by atoms with E-state index in [0.29, 0.717) is 12.3 Å². The minimum atomic E-state index is -0.891. The molecule has 1 unspecified atom stereocenters. The van der Waals surface area contributed by atoms with Crippen LogP contribution in [0.25, 0.3) is 0 Å². The van der Waals surface area contributed by atoms with Crippen molar-refractivity contribution in [2.75, 3.05) is 0 Å². The number of carboxylic acids is 1. The fourth-order valence-corrected chi connectivity index (χ4v) is 0.981. The highest BCUT2D eigenvalue weighted by molar-refractivity contribution is 5.83. The number of aliphatic carboxylic acids is 1. The Hall–Kier alpha value is -0.860. The maximum Gasteiger partial charge on any atom is 0.306 e. The molecule has 1 N–H and O–H groups in total. The molecule has 0 aromatic carbocycles. The molecule has 0 aliphatic carbocycles. The molecule has 0 aliphatic rings. The highest BCUT2D eigenvalue weighted by Gasteiger charge is 2.15. The molecule has 0 aliphatic heterocycles. The van der Waals surface area contributed by atoms with Gasteiger partial charge in [-0.05, 0) is 12.3 Å². The lowest BCUT2D eigenvalue weighted by molar-refractivity contribution is -0.143. The van der Waals surface area contributed by atoms with Crippen molar-refractivity contribution in [3.63, 3.8) is 0 Å². The number of carbonyl (C=O) groups is 2. The molecule has 0 saturated heterocycles. The number of hydrogen-bond acceptors (Lipinski definition) is 2. The van der Waals surface area contributed by atoms with Crippen LogP contribution >= 0.6 is 0 Å². The van der Waals surface area contributed by atoms with E-state index in [1.165, 1.54) is 0 Å². The minimum absolute atomic E-state index is 0.0589. The summed E-state index contributed by atoms with van der Waals surface area (Å²) < 4.78 is 0.